The number of hydrogen-bond acceptors (Lipinski definition) is 3. The Morgan fingerprint density at radius 3 is 2.37 bits per heavy atom. The third-order valence-electron chi connectivity index (χ3n) is 4.83. The first-order valence-electron chi connectivity index (χ1n) is 9.06. The zero-order valence-corrected chi connectivity index (χ0v) is 17.4. The number of carbonyl (C=O) groups is 2. The fraction of sp³-hybridized carbons (Fsp3) is 0.364. The maximum atomic E-state index is 13.5. The van der Waals surface area contributed by atoms with E-state index in [1.165, 1.54) is 4.90 Å². The van der Waals surface area contributed by atoms with Gasteiger partial charge in [-0.15, -0.1) is 0 Å². The molecule has 3 rings (SSSR count). The van der Waals surface area contributed by atoms with Gasteiger partial charge in [0.05, 0.1) is 12.0 Å². The van der Waals surface area contributed by atoms with Gasteiger partial charge < -0.3 is 4.74 Å². The van der Waals surface area contributed by atoms with Crippen molar-refractivity contribution < 1.29 is 14.3 Å². The van der Waals surface area contributed by atoms with Crippen molar-refractivity contribution in [2.75, 3.05) is 6.61 Å². The Morgan fingerprint density at radius 1 is 1.15 bits per heavy atom. The molecule has 0 N–H and O–H groups in total. The molecular formula is C22H24BrNO3. The zero-order valence-electron chi connectivity index (χ0n) is 15.8. The Kier molecular flexibility index (Phi) is 5.70. The summed E-state index contributed by atoms with van der Waals surface area (Å²) in [6.45, 7) is 6.29. The second kappa shape index (κ2) is 7.85. The quantitative estimate of drug-likeness (QED) is 0.673. The van der Waals surface area contributed by atoms with Crippen molar-refractivity contribution in [1.82, 2.24) is 4.90 Å². The highest BCUT2D eigenvalue weighted by molar-refractivity contribution is 9.10. The standard InChI is InChI=1S/C22H24BrNO3/c1-22(2,3)19(16-9-11-17(23)12-10-16)20(25)24-18(14-27-21(24)26)13-15-7-5-4-6-8-15/h4-12,18-19H,13-14H2,1-3H3/t18-,19-/m1/s1. The van der Waals surface area contributed by atoms with Gasteiger partial charge in [-0.25, -0.2) is 9.69 Å². The summed E-state index contributed by atoms with van der Waals surface area (Å²) in [5.74, 6) is -0.636. The summed E-state index contributed by atoms with van der Waals surface area (Å²) in [6.07, 6.45) is 0.0440. The summed E-state index contributed by atoms with van der Waals surface area (Å²) in [4.78, 5) is 27.2. The van der Waals surface area contributed by atoms with Crippen LogP contribution in [0, 0.1) is 5.41 Å². The van der Waals surface area contributed by atoms with Crippen LogP contribution in [-0.4, -0.2) is 29.5 Å². The number of imide groups is 1. The number of hydrogen-bond donors (Lipinski definition) is 0. The van der Waals surface area contributed by atoms with Gasteiger partial charge in [0, 0.05) is 4.47 Å². The number of halogens is 1. The van der Waals surface area contributed by atoms with E-state index >= 15 is 0 Å². The molecule has 0 bridgehead atoms. The smallest absolute Gasteiger partial charge is 0.417 e. The zero-order chi connectivity index (χ0) is 19.6. The van der Waals surface area contributed by atoms with Crippen molar-refractivity contribution in [3.8, 4) is 0 Å². The molecule has 1 fully saturated rings. The molecule has 27 heavy (non-hydrogen) atoms. The lowest BCUT2D eigenvalue weighted by Crippen LogP contribution is -2.45. The van der Waals surface area contributed by atoms with Gasteiger partial charge in [0.25, 0.3) is 0 Å². The first kappa shape index (κ1) is 19.6. The number of ether oxygens (including phenoxy) is 1. The Labute approximate surface area is 168 Å². The summed E-state index contributed by atoms with van der Waals surface area (Å²) in [5, 5.41) is 0. The third kappa shape index (κ3) is 4.41. The Bertz CT molecular complexity index is 812. The normalized spacial score (nSPS) is 18.3. The SMILES string of the molecule is CC(C)(C)[C@@H](C(=O)N1C(=O)OC[C@H]1Cc1ccccc1)c1ccc(Br)cc1. The number of nitrogens with zero attached hydrogens (tertiary/aromatic N) is 1. The number of benzene rings is 2. The van der Waals surface area contributed by atoms with Crippen LogP contribution in [0.3, 0.4) is 0 Å². The molecule has 2 atom stereocenters. The van der Waals surface area contributed by atoms with Crippen LogP contribution in [0.25, 0.3) is 0 Å². The average Bonchev–Trinajstić information content (AvgIpc) is 2.97. The van der Waals surface area contributed by atoms with Gasteiger partial charge in [0.15, 0.2) is 0 Å². The van der Waals surface area contributed by atoms with Crippen LogP contribution in [0.1, 0.15) is 37.8 Å². The second-order valence-corrected chi connectivity index (χ2v) is 8.89. The molecule has 1 saturated heterocycles. The van der Waals surface area contributed by atoms with Crippen molar-refractivity contribution in [3.63, 3.8) is 0 Å². The van der Waals surface area contributed by atoms with E-state index < -0.39 is 12.0 Å². The van der Waals surface area contributed by atoms with Crippen LogP contribution in [0.4, 0.5) is 4.79 Å². The molecule has 0 aliphatic carbocycles. The van der Waals surface area contributed by atoms with Crippen LogP contribution in [-0.2, 0) is 16.0 Å². The average molecular weight is 430 g/mol. The summed E-state index contributed by atoms with van der Waals surface area (Å²) in [6, 6.07) is 17.3. The fourth-order valence-electron chi connectivity index (χ4n) is 3.57. The van der Waals surface area contributed by atoms with E-state index in [0.29, 0.717) is 6.42 Å². The minimum atomic E-state index is -0.549. The van der Waals surface area contributed by atoms with E-state index in [4.69, 9.17) is 4.74 Å². The van der Waals surface area contributed by atoms with Gasteiger partial charge >= 0.3 is 6.09 Å². The van der Waals surface area contributed by atoms with Crippen molar-refractivity contribution >= 4 is 27.9 Å². The van der Waals surface area contributed by atoms with Crippen LogP contribution >= 0.6 is 15.9 Å². The molecule has 0 spiro atoms. The van der Waals surface area contributed by atoms with Gasteiger partial charge in [0.1, 0.15) is 6.61 Å². The number of rotatable bonds is 4. The maximum absolute atomic E-state index is 13.5. The van der Waals surface area contributed by atoms with Gasteiger partial charge in [-0.1, -0.05) is 79.2 Å². The fourth-order valence-corrected chi connectivity index (χ4v) is 3.84. The minimum Gasteiger partial charge on any atom is -0.447 e. The van der Waals surface area contributed by atoms with Gasteiger partial charge in [-0.3, -0.25) is 4.79 Å². The molecule has 0 radical (unpaired) electrons. The lowest BCUT2D eigenvalue weighted by molar-refractivity contribution is -0.133. The predicted molar refractivity (Wildman–Crippen MR) is 108 cm³/mol. The molecule has 0 saturated carbocycles. The number of amides is 2. The van der Waals surface area contributed by atoms with E-state index in [2.05, 4.69) is 15.9 Å². The molecule has 142 valence electrons. The molecule has 1 aliphatic rings. The first-order valence-corrected chi connectivity index (χ1v) is 9.86. The number of carbonyl (C=O) groups excluding carboxylic acids is 2. The van der Waals surface area contributed by atoms with Crippen LogP contribution < -0.4 is 0 Å². The molecule has 2 amide bonds. The number of cyclic esters (lactones) is 1. The molecule has 0 aromatic heterocycles. The Hall–Kier alpha value is -2.14. The summed E-state index contributed by atoms with van der Waals surface area (Å²) in [7, 11) is 0. The topological polar surface area (TPSA) is 46.6 Å². The van der Waals surface area contributed by atoms with Crippen molar-refractivity contribution in [1.29, 1.82) is 0 Å². The largest absolute Gasteiger partial charge is 0.447 e. The molecule has 1 aliphatic heterocycles. The molecule has 4 nitrogen and oxygen atoms in total. The van der Waals surface area contributed by atoms with Crippen molar-refractivity contribution in [2.24, 2.45) is 5.41 Å². The molecular weight excluding hydrogens is 406 g/mol. The maximum Gasteiger partial charge on any atom is 0.417 e. The minimum absolute atomic E-state index is 0.201. The lowest BCUT2D eigenvalue weighted by Gasteiger charge is -2.33. The molecule has 2 aromatic carbocycles. The van der Waals surface area contributed by atoms with Crippen LogP contribution in [0.5, 0.6) is 0 Å². The summed E-state index contributed by atoms with van der Waals surface area (Å²) >= 11 is 3.44. The Morgan fingerprint density at radius 2 is 1.78 bits per heavy atom. The third-order valence-corrected chi connectivity index (χ3v) is 5.36. The first-order chi connectivity index (χ1) is 12.8. The van der Waals surface area contributed by atoms with E-state index in [-0.39, 0.29) is 24.0 Å². The summed E-state index contributed by atoms with van der Waals surface area (Å²) < 4.78 is 6.20. The highest BCUT2D eigenvalue weighted by Crippen LogP contribution is 2.38. The van der Waals surface area contributed by atoms with Crippen LogP contribution in [0.2, 0.25) is 0 Å². The van der Waals surface area contributed by atoms with Crippen LogP contribution in [0.15, 0.2) is 59.1 Å². The molecule has 1 heterocycles. The van der Waals surface area contributed by atoms with Gasteiger partial charge in [0.2, 0.25) is 5.91 Å². The Balaban J connectivity index is 1.91. The molecule has 2 aromatic rings. The highest BCUT2D eigenvalue weighted by Gasteiger charge is 2.44. The van der Waals surface area contributed by atoms with E-state index in [1.807, 2.05) is 75.4 Å². The monoisotopic (exact) mass is 429 g/mol. The van der Waals surface area contributed by atoms with Gasteiger partial charge in [-0.05, 0) is 35.1 Å². The van der Waals surface area contributed by atoms with E-state index in [9.17, 15) is 9.59 Å². The van der Waals surface area contributed by atoms with Crippen molar-refractivity contribution in [2.45, 2.75) is 39.2 Å². The summed E-state index contributed by atoms with van der Waals surface area (Å²) in [5.41, 5.74) is 1.63. The second-order valence-electron chi connectivity index (χ2n) is 7.98. The highest BCUT2D eigenvalue weighted by atomic mass is 79.9. The van der Waals surface area contributed by atoms with Crippen molar-refractivity contribution in [3.05, 3.63) is 70.2 Å². The van der Waals surface area contributed by atoms with E-state index in [0.717, 1.165) is 15.6 Å². The predicted octanol–water partition coefficient (Wildman–Crippen LogP) is 5.17. The molecule has 5 heteroatoms. The lowest BCUT2D eigenvalue weighted by atomic mass is 9.75. The van der Waals surface area contributed by atoms with E-state index in [1.54, 1.807) is 0 Å². The van der Waals surface area contributed by atoms with Gasteiger partial charge in [-0.2, -0.15) is 0 Å². The molecule has 0 unspecified atom stereocenters.